The molecule has 2 N–H and O–H groups in total. The Kier molecular flexibility index (Phi) is 4.95. The van der Waals surface area contributed by atoms with Gasteiger partial charge in [-0.3, -0.25) is 9.71 Å². The molecule has 0 amide bonds. The molecule has 2 rings (SSSR count). The second kappa shape index (κ2) is 6.51. The largest absolute Gasteiger partial charge is 0.314 e. The van der Waals surface area contributed by atoms with Gasteiger partial charge in [-0.25, -0.2) is 0 Å². The Morgan fingerprint density at radius 1 is 1.40 bits per heavy atom. The third-order valence-electron chi connectivity index (χ3n) is 3.19. The molecule has 1 aromatic heterocycles. The van der Waals surface area contributed by atoms with Crippen molar-refractivity contribution < 1.29 is 8.42 Å². The van der Waals surface area contributed by atoms with Gasteiger partial charge in [0.2, 0.25) is 0 Å². The van der Waals surface area contributed by atoms with Gasteiger partial charge in [0.15, 0.2) is 0 Å². The highest BCUT2D eigenvalue weighted by molar-refractivity contribution is 7.90. The van der Waals surface area contributed by atoms with Crippen molar-refractivity contribution in [1.82, 2.24) is 14.6 Å². The zero-order valence-electron chi connectivity index (χ0n) is 12.0. The van der Waals surface area contributed by atoms with Crippen LogP contribution >= 0.6 is 0 Å². The van der Waals surface area contributed by atoms with Crippen LogP contribution in [0.4, 0.5) is 5.69 Å². The Hall–Kier alpha value is -1.18. The first kappa shape index (κ1) is 15.2. The maximum Gasteiger partial charge on any atom is 0.301 e. The molecule has 112 valence electrons. The number of rotatable bonds is 8. The van der Waals surface area contributed by atoms with Crippen molar-refractivity contribution >= 4 is 15.9 Å². The van der Waals surface area contributed by atoms with Crippen LogP contribution in [0.5, 0.6) is 0 Å². The van der Waals surface area contributed by atoms with Crippen molar-refractivity contribution in [3.05, 3.63) is 24.0 Å². The maximum atomic E-state index is 12.1. The average Bonchev–Trinajstić information content (AvgIpc) is 3.17. The molecule has 0 bridgehead atoms. The maximum absolute atomic E-state index is 12.1. The average molecular weight is 298 g/mol. The van der Waals surface area contributed by atoms with Gasteiger partial charge in [-0.15, -0.1) is 0 Å². The van der Waals surface area contributed by atoms with Crippen LogP contribution in [0.2, 0.25) is 0 Å². The fourth-order valence-electron chi connectivity index (χ4n) is 1.85. The Morgan fingerprint density at radius 2 is 2.15 bits per heavy atom. The Bertz CT molecular complexity index is 543. The van der Waals surface area contributed by atoms with Gasteiger partial charge >= 0.3 is 10.2 Å². The van der Waals surface area contributed by atoms with E-state index in [1.165, 1.54) is 23.3 Å². The van der Waals surface area contributed by atoms with Crippen LogP contribution in [0.15, 0.2) is 18.5 Å². The second-order valence-corrected chi connectivity index (χ2v) is 7.04. The summed E-state index contributed by atoms with van der Waals surface area (Å²) < 4.78 is 28.1. The molecule has 0 aliphatic heterocycles. The summed E-state index contributed by atoms with van der Waals surface area (Å²) >= 11 is 0. The summed E-state index contributed by atoms with van der Waals surface area (Å²) in [5.74, 6) is 0. The molecule has 1 aliphatic rings. The van der Waals surface area contributed by atoms with Crippen molar-refractivity contribution in [2.45, 2.75) is 32.2 Å². The molecule has 0 spiro atoms. The van der Waals surface area contributed by atoms with E-state index in [1.54, 1.807) is 19.3 Å². The summed E-state index contributed by atoms with van der Waals surface area (Å²) in [4.78, 5) is 3.97. The SMILES string of the molecule is Cc1cncc(NS(=O)(=O)N(C)CCCNC2CC2)c1. The van der Waals surface area contributed by atoms with E-state index < -0.39 is 10.2 Å². The number of nitrogens with one attached hydrogen (secondary N) is 2. The van der Waals surface area contributed by atoms with E-state index >= 15 is 0 Å². The molecule has 1 heterocycles. The molecule has 20 heavy (non-hydrogen) atoms. The lowest BCUT2D eigenvalue weighted by atomic mass is 10.3. The van der Waals surface area contributed by atoms with Crippen LogP contribution < -0.4 is 10.0 Å². The van der Waals surface area contributed by atoms with Crippen LogP contribution in [0.25, 0.3) is 0 Å². The molecule has 0 saturated heterocycles. The molecule has 0 radical (unpaired) electrons. The minimum atomic E-state index is -3.50. The van der Waals surface area contributed by atoms with Gasteiger partial charge < -0.3 is 5.32 Å². The number of hydrogen-bond acceptors (Lipinski definition) is 4. The van der Waals surface area contributed by atoms with Gasteiger partial charge in [0.05, 0.1) is 11.9 Å². The fraction of sp³-hybridized carbons (Fsp3) is 0.615. The van der Waals surface area contributed by atoms with Gasteiger partial charge in [-0.2, -0.15) is 12.7 Å². The Morgan fingerprint density at radius 3 is 2.80 bits per heavy atom. The number of anilines is 1. The quantitative estimate of drug-likeness (QED) is 0.705. The van der Waals surface area contributed by atoms with Gasteiger partial charge in [-0.05, 0) is 44.4 Å². The first-order valence-electron chi connectivity index (χ1n) is 6.86. The first-order valence-corrected chi connectivity index (χ1v) is 8.30. The van der Waals surface area contributed by atoms with Crippen molar-refractivity contribution in [3.63, 3.8) is 0 Å². The van der Waals surface area contributed by atoms with Gasteiger partial charge in [-0.1, -0.05) is 0 Å². The smallest absolute Gasteiger partial charge is 0.301 e. The molecular formula is C13H22N4O2S. The standard InChI is InChI=1S/C13H22N4O2S/c1-11-8-13(10-14-9-11)16-20(18,19)17(2)7-3-6-15-12-4-5-12/h8-10,12,15-16H,3-7H2,1-2H3. The molecule has 1 aromatic rings. The van der Waals surface area contributed by atoms with Crippen LogP contribution in [-0.2, 0) is 10.2 Å². The molecule has 1 saturated carbocycles. The van der Waals surface area contributed by atoms with Gasteiger partial charge in [0.1, 0.15) is 0 Å². The van der Waals surface area contributed by atoms with E-state index in [0.717, 1.165) is 18.5 Å². The highest BCUT2D eigenvalue weighted by Crippen LogP contribution is 2.18. The lowest BCUT2D eigenvalue weighted by molar-refractivity contribution is 0.458. The monoisotopic (exact) mass is 298 g/mol. The minimum Gasteiger partial charge on any atom is -0.314 e. The highest BCUT2D eigenvalue weighted by Gasteiger charge is 2.21. The molecular weight excluding hydrogens is 276 g/mol. The number of nitrogens with zero attached hydrogens (tertiary/aromatic N) is 2. The summed E-state index contributed by atoms with van der Waals surface area (Å²) in [6.07, 6.45) is 6.49. The van der Waals surface area contributed by atoms with Gasteiger partial charge in [0, 0.05) is 25.8 Å². The zero-order chi connectivity index (χ0) is 14.6. The molecule has 0 aromatic carbocycles. The van der Waals surface area contributed by atoms with Crippen molar-refractivity contribution in [3.8, 4) is 0 Å². The van der Waals surface area contributed by atoms with E-state index in [9.17, 15) is 8.42 Å². The predicted molar refractivity (Wildman–Crippen MR) is 79.8 cm³/mol. The Labute approximate surface area is 120 Å². The van der Waals surface area contributed by atoms with Crippen molar-refractivity contribution in [2.75, 3.05) is 24.9 Å². The van der Waals surface area contributed by atoms with E-state index in [1.807, 2.05) is 6.92 Å². The molecule has 1 fully saturated rings. The van der Waals surface area contributed by atoms with E-state index in [2.05, 4.69) is 15.0 Å². The lowest BCUT2D eigenvalue weighted by Crippen LogP contribution is -2.34. The third kappa shape index (κ3) is 4.73. The number of aryl methyl sites for hydroxylation is 1. The summed E-state index contributed by atoms with van der Waals surface area (Å²) in [6.45, 7) is 3.23. The predicted octanol–water partition coefficient (Wildman–Crippen LogP) is 1.12. The van der Waals surface area contributed by atoms with Crippen LogP contribution in [0.3, 0.4) is 0 Å². The first-order chi connectivity index (χ1) is 9.47. The van der Waals surface area contributed by atoms with Crippen molar-refractivity contribution in [2.24, 2.45) is 0 Å². The molecule has 6 nitrogen and oxygen atoms in total. The molecule has 0 atom stereocenters. The van der Waals surface area contributed by atoms with Crippen LogP contribution in [0, 0.1) is 6.92 Å². The van der Waals surface area contributed by atoms with E-state index in [0.29, 0.717) is 18.3 Å². The summed E-state index contributed by atoms with van der Waals surface area (Å²) in [5.41, 5.74) is 1.41. The summed E-state index contributed by atoms with van der Waals surface area (Å²) in [6, 6.07) is 2.42. The summed E-state index contributed by atoms with van der Waals surface area (Å²) in [7, 11) is -1.91. The van der Waals surface area contributed by atoms with Gasteiger partial charge in [0.25, 0.3) is 0 Å². The second-order valence-electron chi connectivity index (χ2n) is 5.26. The topological polar surface area (TPSA) is 74.3 Å². The van der Waals surface area contributed by atoms with Crippen LogP contribution in [-0.4, -0.2) is 43.9 Å². The minimum absolute atomic E-state index is 0.493. The number of hydrogen-bond donors (Lipinski definition) is 2. The Balaban J connectivity index is 1.81. The van der Waals surface area contributed by atoms with E-state index in [4.69, 9.17) is 0 Å². The molecule has 1 aliphatic carbocycles. The normalized spacial score (nSPS) is 15.6. The number of aromatic nitrogens is 1. The fourth-order valence-corrected chi connectivity index (χ4v) is 2.79. The third-order valence-corrected chi connectivity index (χ3v) is 4.69. The zero-order valence-corrected chi connectivity index (χ0v) is 12.8. The van der Waals surface area contributed by atoms with Crippen LogP contribution in [0.1, 0.15) is 24.8 Å². The van der Waals surface area contributed by atoms with Crippen molar-refractivity contribution in [1.29, 1.82) is 0 Å². The summed E-state index contributed by atoms with van der Waals surface area (Å²) in [5, 5.41) is 3.37. The molecule has 0 unspecified atom stereocenters. The van der Waals surface area contributed by atoms with E-state index in [-0.39, 0.29) is 0 Å². The number of pyridine rings is 1. The molecule has 7 heteroatoms. The highest BCUT2D eigenvalue weighted by atomic mass is 32.2. The lowest BCUT2D eigenvalue weighted by Gasteiger charge is -2.18.